The summed E-state index contributed by atoms with van der Waals surface area (Å²) in [5.41, 5.74) is 1.02. The van der Waals surface area contributed by atoms with Crippen LogP contribution >= 0.6 is 0 Å². The molecule has 0 bridgehead atoms. The molecule has 29 heavy (non-hydrogen) atoms. The minimum Gasteiger partial charge on any atom is -0.492 e. The number of sulfonamides is 1. The molecule has 0 aromatic heterocycles. The van der Waals surface area contributed by atoms with Gasteiger partial charge in [-0.1, -0.05) is 30.3 Å². The van der Waals surface area contributed by atoms with Crippen molar-refractivity contribution in [1.29, 1.82) is 0 Å². The second kappa shape index (κ2) is 8.41. The number of anilines is 1. The molecule has 0 unspecified atom stereocenters. The summed E-state index contributed by atoms with van der Waals surface area (Å²) in [6.45, 7) is 5.21. The zero-order valence-electron chi connectivity index (χ0n) is 16.2. The van der Waals surface area contributed by atoms with Crippen LogP contribution in [-0.2, 0) is 10.0 Å². The number of nitrogens with two attached hydrogens (primary N) is 1. The van der Waals surface area contributed by atoms with Crippen molar-refractivity contribution in [1.82, 2.24) is 4.90 Å². The van der Waals surface area contributed by atoms with E-state index in [1.54, 1.807) is 12.1 Å². The standard InChI is InChI=1S/C22H25N3O3S/c23-29(26,27)22-9-6-20(7-10-22)25-13-11-24(12-14-25)15-16-28-21-8-5-18-3-1-2-4-19(18)17-21/h1-10,17H,11-16H2,(H2,23,26,27). The summed E-state index contributed by atoms with van der Waals surface area (Å²) in [5.74, 6) is 0.900. The van der Waals surface area contributed by atoms with Gasteiger partial charge in [-0.2, -0.15) is 0 Å². The summed E-state index contributed by atoms with van der Waals surface area (Å²) in [5, 5.41) is 7.56. The van der Waals surface area contributed by atoms with Gasteiger partial charge in [0.15, 0.2) is 0 Å². The van der Waals surface area contributed by atoms with Gasteiger partial charge in [-0.05, 0) is 47.2 Å². The molecule has 1 aliphatic rings. The van der Waals surface area contributed by atoms with Crippen molar-refractivity contribution in [2.45, 2.75) is 4.90 Å². The Kier molecular flexibility index (Phi) is 5.71. The second-order valence-electron chi connectivity index (χ2n) is 7.23. The summed E-state index contributed by atoms with van der Waals surface area (Å²) in [7, 11) is -3.65. The monoisotopic (exact) mass is 411 g/mol. The predicted molar refractivity (Wildman–Crippen MR) is 116 cm³/mol. The molecule has 7 heteroatoms. The number of rotatable bonds is 6. The highest BCUT2D eigenvalue weighted by Gasteiger charge is 2.17. The number of hydrogen-bond acceptors (Lipinski definition) is 5. The van der Waals surface area contributed by atoms with Crippen molar-refractivity contribution in [2.24, 2.45) is 5.14 Å². The highest BCUT2D eigenvalue weighted by Crippen LogP contribution is 2.21. The number of ether oxygens (including phenoxy) is 1. The van der Waals surface area contributed by atoms with Crippen LogP contribution in [0.2, 0.25) is 0 Å². The van der Waals surface area contributed by atoms with Crippen LogP contribution in [0.3, 0.4) is 0 Å². The van der Waals surface area contributed by atoms with Crippen LogP contribution in [0.15, 0.2) is 71.6 Å². The summed E-state index contributed by atoms with van der Waals surface area (Å²) in [4.78, 5) is 4.79. The summed E-state index contributed by atoms with van der Waals surface area (Å²) >= 11 is 0. The summed E-state index contributed by atoms with van der Waals surface area (Å²) < 4.78 is 28.7. The van der Waals surface area contributed by atoms with Crippen molar-refractivity contribution in [3.63, 3.8) is 0 Å². The van der Waals surface area contributed by atoms with Crippen molar-refractivity contribution in [3.05, 3.63) is 66.7 Å². The SMILES string of the molecule is NS(=O)(=O)c1ccc(N2CCN(CCOc3ccc4ccccc4c3)CC2)cc1. The second-order valence-corrected chi connectivity index (χ2v) is 8.79. The van der Waals surface area contributed by atoms with Gasteiger partial charge in [-0.25, -0.2) is 13.6 Å². The van der Waals surface area contributed by atoms with E-state index < -0.39 is 10.0 Å². The maximum atomic E-state index is 11.4. The molecule has 0 spiro atoms. The third-order valence-corrected chi connectivity index (χ3v) is 6.23. The largest absolute Gasteiger partial charge is 0.492 e. The van der Waals surface area contributed by atoms with Crippen LogP contribution in [-0.4, -0.2) is 52.6 Å². The van der Waals surface area contributed by atoms with E-state index in [0.717, 1.165) is 44.2 Å². The molecule has 0 atom stereocenters. The lowest BCUT2D eigenvalue weighted by Gasteiger charge is -2.36. The zero-order valence-corrected chi connectivity index (χ0v) is 17.0. The van der Waals surface area contributed by atoms with E-state index in [0.29, 0.717) is 6.61 Å². The van der Waals surface area contributed by atoms with Crippen LogP contribution < -0.4 is 14.8 Å². The number of hydrogen-bond donors (Lipinski definition) is 1. The number of primary sulfonamides is 1. The number of fused-ring (bicyclic) bond motifs is 1. The highest BCUT2D eigenvalue weighted by molar-refractivity contribution is 7.89. The molecule has 0 saturated carbocycles. The maximum absolute atomic E-state index is 11.4. The molecule has 1 fully saturated rings. The molecule has 152 valence electrons. The Balaban J connectivity index is 1.25. The average molecular weight is 412 g/mol. The number of nitrogens with zero attached hydrogens (tertiary/aromatic N) is 2. The lowest BCUT2D eigenvalue weighted by Crippen LogP contribution is -2.47. The van der Waals surface area contributed by atoms with Crippen LogP contribution in [0.4, 0.5) is 5.69 Å². The van der Waals surface area contributed by atoms with Gasteiger partial charge >= 0.3 is 0 Å². The molecule has 3 aromatic carbocycles. The first kappa shape index (κ1) is 19.7. The summed E-state index contributed by atoms with van der Waals surface area (Å²) in [6, 6.07) is 21.2. The fourth-order valence-corrected chi connectivity index (χ4v) is 4.14. The Morgan fingerprint density at radius 1 is 0.862 bits per heavy atom. The van der Waals surface area contributed by atoms with Crippen LogP contribution in [0, 0.1) is 0 Å². The fourth-order valence-electron chi connectivity index (χ4n) is 3.63. The normalized spacial score (nSPS) is 15.6. The van der Waals surface area contributed by atoms with E-state index in [4.69, 9.17) is 9.88 Å². The first-order valence-corrected chi connectivity index (χ1v) is 11.3. The van der Waals surface area contributed by atoms with Crippen molar-refractivity contribution in [3.8, 4) is 5.75 Å². The Hall–Kier alpha value is -2.61. The minimum absolute atomic E-state index is 0.144. The highest BCUT2D eigenvalue weighted by atomic mass is 32.2. The maximum Gasteiger partial charge on any atom is 0.238 e. The predicted octanol–water partition coefficient (Wildman–Crippen LogP) is 2.69. The Morgan fingerprint density at radius 2 is 1.55 bits per heavy atom. The molecule has 1 heterocycles. The Morgan fingerprint density at radius 3 is 2.24 bits per heavy atom. The molecule has 1 saturated heterocycles. The molecule has 1 aliphatic heterocycles. The van der Waals surface area contributed by atoms with E-state index >= 15 is 0 Å². The molecular formula is C22H25N3O3S. The van der Waals surface area contributed by atoms with E-state index in [9.17, 15) is 8.42 Å². The van der Waals surface area contributed by atoms with Gasteiger partial charge < -0.3 is 9.64 Å². The van der Waals surface area contributed by atoms with Crippen molar-refractivity contribution >= 4 is 26.5 Å². The van der Waals surface area contributed by atoms with Gasteiger partial charge in [-0.3, -0.25) is 4.90 Å². The first-order chi connectivity index (χ1) is 14.0. The third-order valence-electron chi connectivity index (χ3n) is 5.30. The number of benzene rings is 3. The van der Waals surface area contributed by atoms with E-state index in [1.807, 2.05) is 30.3 Å². The van der Waals surface area contributed by atoms with E-state index in [2.05, 4.69) is 34.1 Å². The van der Waals surface area contributed by atoms with Crippen LogP contribution in [0.5, 0.6) is 5.75 Å². The molecular weight excluding hydrogens is 386 g/mol. The number of piperazine rings is 1. The molecule has 0 aliphatic carbocycles. The summed E-state index contributed by atoms with van der Waals surface area (Å²) in [6.07, 6.45) is 0. The fraction of sp³-hybridized carbons (Fsp3) is 0.273. The van der Waals surface area contributed by atoms with Gasteiger partial charge in [0.2, 0.25) is 10.0 Å². The van der Waals surface area contributed by atoms with Gasteiger partial charge in [0.1, 0.15) is 12.4 Å². The molecule has 2 N–H and O–H groups in total. The van der Waals surface area contributed by atoms with Gasteiger partial charge in [0.05, 0.1) is 4.90 Å². The Bertz CT molecular complexity index is 1080. The molecule has 0 radical (unpaired) electrons. The molecule has 3 aromatic rings. The lowest BCUT2D eigenvalue weighted by atomic mass is 10.1. The van der Waals surface area contributed by atoms with Crippen LogP contribution in [0.1, 0.15) is 0 Å². The van der Waals surface area contributed by atoms with Crippen molar-refractivity contribution in [2.75, 3.05) is 44.2 Å². The van der Waals surface area contributed by atoms with Gasteiger partial charge in [0, 0.05) is 38.4 Å². The average Bonchev–Trinajstić information content (AvgIpc) is 2.74. The Labute approximate surface area is 171 Å². The van der Waals surface area contributed by atoms with E-state index in [-0.39, 0.29) is 4.90 Å². The van der Waals surface area contributed by atoms with E-state index in [1.165, 1.54) is 10.8 Å². The van der Waals surface area contributed by atoms with Gasteiger partial charge in [0.25, 0.3) is 0 Å². The molecule has 4 rings (SSSR count). The molecule has 6 nitrogen and oxygen atoms in total. The molecule has 0 amide bonds. The first-order valence-electron chi connectivity index (χ1n) is 9.71. The van der Waals surface area contributed by atoms with Crippen molar-refractivity contribution < 1.29 is 13.2 Å². The quantitative estimate of drug-likeness (QED) is 0.675. The van der Waals surface area contributed by atoms with Crippen LogP contribution in [0.25, 0.3) is 10.8 Å². The smallest absolute Gasteiger partial charge is 0.238 e. The lowest BCUT2D eigenvalue weighted by molar-refractivity contribution is 0.200. The zero-order chi connectivity index (χ0) is 20.3. The van der Waals surface area contributed by atoms with Gasteiger partial charge in [-0.15, -0.1) is 0 Å². The topological polar surface area (TPSA) is 75.9 Å². The third kappa shape index (κ3) is 4.87. The minimum atomic E-state index is -3.65.